The molecule has 1 aliphatic carbocycles. The highest BCUT2D eigenvalue weighted by molar-refractivity contribution is 5.93. The summed E-state index contributed by atoms with van der Waals surface area (Å²) in [6.45, 7) is 0. The van der Waals surface area contributed by atoms with Gasteiger partial charge in [-0.25, -0.2) is 0 Å². The quantitative estimate of drug-likeness (QED) is 0.568. The van der Waals surface area contributed by atoms with Crippen molar-refractivity contribution in [3.8, 4) is 0 Å². The van der Waals surface area contributed by atoms with Gasteiger partial charge in [-0.1, -0.05) is 0 Å². The maximum atomic E-state index is 5.85. The van der Waals surface area contributed by atoms with Crippen LogP contribution in [-0.4, -0.2) is 4.98 Å². The Labute approximate surface area is 87.8 Å². The molecule has 1 aromatic carbocycles. The normalized spacial score (nSPS) is 15.1. The number of hydrogen-bond donors (Lipinski definition) is 3. The van der Waals surface area contributed by atoms with Crippen LogP contribution >= 0.6 is 0 Å². The number of anilines is 1. The Kier molecular flexibility index (Phi) is 1.57. The lowest BCUT2D eigenvalue weighted by Crippen LogP contribution is -2.04. The molecule has 0 amide bonds. The van der Waals surface area contributed by atoms with Crippen molar-refractivity contribution in [3.05, 3.63) is 35.2 Å². The predicted octanol–water partition coefficient (Wildman–Crippen LogP) is 2.00. The third-order valence-electron chi connectivity index (χ3n) is 2.94. The molecule has 3 nitrogen and oxygen atoms in total. The lowest BCUT2D eigenvalue weighted by molar-refractivity contribution is 0.890. The van der Waals surface area contributed by atoms with Crippen LogP contribution in [0.3, 0.4) is 0 Å². The lowest BCUT2D eigenvalue weighted by Gasteiger charge is -2.08. The monoisotopic (exact) mass is 199 g/mol. The zero-order chi connectivity index (χ0) is 10.4. The molecule has 0 spiro atoms. The molecule has 0 unspecified atom stereocenters. The number of benzene rings is 1. The Morgan fingerprint density at radius 1 is 1.13 bits per heavy atom. The molecule has 76 valence electrons. The fraction of sp³-hybridized carbons (Fsp3) is 0.167. The lowest BCUT2D eigenvalue weighted by atomic mass is 10.00. The third kappa shape index (κ3) is 1.20. The van der Waals surface area contributed by atoms with Crippen molar-refractivity contribution in [3.63, 3.8) is 0 Å². The van der Waals surface area contributed by atoms with Crippen molar-refractivity contribution in [2.24, 2.45) is 5.73 Å². The van der Waals surface area contributed by atoms with E-state index in [1.54, 1.807) is 0 Å². The van der Waals surface area contributed by atoms with E-state index in [0.29, 0.717) is 0 Å². The van der Waals surface area contributed by atoms with Crippen LogP contribution in [0.4, 0.5) is 5.69 Å². The van der Waals surface area contributed by atoms with Crippen LogP contribution in [0.2, 0.25) is 0 Å². The molecule has 15 heavy (non-hydrogen) atoms. The minimum absolute atomic E-state index is 0.793. The summed E-state index contributed by atoms with van der Waals surface area (Å²) in [6, 6.07) is 5.93. The van der Waals surface area contributed by atoms with Crippen LogP contribution in [0.5, 0.6) is 0 Å². The van der Waals surface area contributed by atoms with Crippen molar-refractivity contribution >= 4 is 22.7 Å². The van der Waals surface area contributed by atoms with Crippen LogP contribution in [0.1, 0.15) is 17.7 Å². The molecule has 5 N–H and O–H groups in total. The summed E-state index contributed by atoms with van der Waals surface area (Å²) in [5.74, 6) is 0. The van der Waals surface area contributed by atoms with E-state index in [9.17, 15) is 0 Å². The standard InChI is InChI=1S/C12H13N3/c13-7-1-3-11-9(5-7)10-6-8(14)2-4-12(10)15-11/h1,3,5-6,15H,2,4,13-14H2. The molecule has 0 aliphatic heterocycles. The Balaban J connectivity index is 2.36. The maximum Gasteiger partial charge on any atom is 0.0463 e. The van der Waals surface area contributed by atoms with Gasteiger partial charge in [0.2, 0.25) is 0 Å². The van der Waals surface area contributed by atoms with Crippen LogP contribution in [-0.2, 0) is 6.42 Å². The van der Waals surface area contributed by atoms with Gasteiger partial charge in [0.15, 0.2) is 0 Å². The molecule has 0 saturated carbocycles. The van der Waals surface area contributed by atoms with Gasteiger partial charge in [0.05, 0.1) is 0 Å². The molecule has 0 fully saturated rings. The number of rotatable bonds is 0. The van der Waals surface area contributed by atoms with E-state index < -0.39 is 0 Å². The highest BCUT2D eigenvalue weighted by atomic mass is 14.7. The first kappa shape index (κ1) is 8.41. The number of nitrogens with two attached hydrogens (primary N) is 2. The Morgan fingerprint density at radius 2 is 2.00 bits per heavy atom. The van der Waals surface area contributed by atoms with Crippen molar-refractivity contribution in [1.29, 1.82) is 0 Å². The van der Waals surface area contributed by atoms with Gasteiger partial charge in [-0.2, -0.15) is 0 Å². The summed E-state index contributed by atoms with van der Waals surface area (Å²) in [5.41, 5.74) is 17.0. The Morgan fingerprint density at radius 3 is 2.87 bits per heavy atom. The highest BCUT2D eigenvalue weighted by Crippen LogP contribution is 2.30. The molecule has 3 rings (SSSR count). The maximum absolute atomic E-state index is 5.85. The van der Waals surface area contributed by atoms with E-state index in [4.69, 9.17) is 11.5 Å². The van der Waals surface area contributed by atoms with Crippen LogP contribution in [0.25, 0.3) is 17.0 Å². The van der Waals surface area contributed by atoms with E-state index >= 15 is 0 Å². The number of nitrogen functional groups attached to an aromatic ring is 1. The molecule has 0 radical (unpaired) electrons. The van der Waals surface area contributed by atoms with Gasteiger partial charge in [0.25, 0.3) is 0 Å². The van der Waals surface area contributed by atoms with Crippen LogP contribution in [0.15, 0.2) is 23.9 Å². The largest absolute Gasteiger partial charge is 0.402 e. The molecule has 2 aromatic rings. The van der Waals surface area contributed by atoms with Crippen molar-refractivity contribution in [1.82, 2.24) is 4.98 Å². The molecule has 0 bridgehead atoms. The second-order valence-corrected chi connectivity index (χ2v) is 4.04. The summed E-state index contributed by atoms with van der Waals surface area (Å²) in [5, 5.41) is 1.17. The van der Waals surface area contributed by atoms with Gasteiger partial charge in [-0.3, -0.25) is 0 Å². The summed E-state index contributed by atoms with van der Waals surface area (Å²) in [4.78, 5) is 3.41. The predicted molar refractivity (Wildman–Crippen MR) is 63.2 cm³/mol. The van der Waals surface area contributed by atoms with E-state index in [2.05, 4.69) is 11.1 Å². The minimum atomic E-state index is 0.793. The average Bonchev–Trinajstić information content (AvgIpc) is 2.56. The summed E-state index contributed by atoms with van der Waals surface area (Å²) in [6.07, 6.45) is 3.98. The Hall–Kier alpha value is -1.90. The number of H-pyrrole nitrogens is 1. The first-order valence-corrected chi connectivity index (χ1v) is 5.10. The second-order valence-electron chi connectivity index (χ2n) is 4.04. The highest BCUT2D eigenvalue weighted by Gasteiger charge is 2.14. The minimum Gasteiger partial charge on any atom is -0.402 e. The SMILES string of the molecule is NC1=Cc2c([nH]c3ccc(N)cc23)CC1. The summed E-state index contributed by atoms with van der Waals surface area (Å²) < 4.78 is 0. The van der Waals surface area contributed by atoms with Gasteiger partial charge in [0, 0.05) is 33.5 Å². The number of aromatic nitrogens is 1. The van der Waals surface area contributed by atoms with Crippen molar-refractivity contribution in [2.45, 2.75) is 12.8 Å². The van der Waals surface area contributed by atoms with Gasteiger partial charge in [-0.05, 0) is 37.1 Å². The third-order valence-corrected chi connectivity index (χ3v) is 2.94. The van der Waals surface area contributed by atoms with Gasteiger partial charge in [-0.15, -0.1) is 0 Å². The van der Waals surface area contributed by atoms with E-state index in [0.717, 1.165) is 29.7 Å². The first-order chi connectivity index (χ1) is 7.24. The number of hydrogen-bond acceptors (Lipinski definition) is 2. The van der Waals surface area contributed by atoms with Gasteiger partial charge in [0.1, 0.15) is 0 Å². The summed E-state index contributed by atoms with van der Waals surface area (Å²) in [7, 11) is 0. The summed E-state index contributed by atoms with van der Waals surface area (Å²) >= 11 is 0. The van der Waals surface area contributed by atoms with E-state index in [1.165, 1.54) is 16.6 Å². The Bertz CT molecular complexity index is 563. The van der Waals surface area contributed by atoms with Crippen LogP contribution < -0.4 is 11.5 Å². The van der Waals surface area contributed by atoms with Crippen molar-refractivity contribution < 1.29 is 0 Å². The van der Waals surface area contributed by atoms with Gasteiger partial charge < -0.3 is 16.5 Å². The van der Waals surface area contributed by atoms with E-state index in [-0.39, 0.29) is 0 Å². The number of aryl methyl sites for hydroxylation is 1. The molecular formula is C12H13N3. The molecule has 1 aliphatic rings. The number of allylic oxidation sites excluding steroid dienone is 1. The fourth-order valence-corrected chi connectivity index (χ4v) is 2.18. The van der Waals surface area contributed by atoms with Gasteiger partial charge >= 0.3 is 0 Å². The fourth-order valence-electron chi connectivity index (χ4n) is 2.18. The number of aromatic amines is 1. The smallest absolute Gasteiger partial charge is 0.0463 e. The molecule has 0 atom stereocenters. The number of fused-ring (bicyclic) bond motifs is 3. The molecular weight excluding hydrogens is 186 g/mol. The zero-order valence-electron chi connectivity index (χ0n) is 8.38. The van der Waals surface area contributed by atoms with E-state index in [1.807, 2.05) is 18.2 Å². The zero-order valence-corrected chi connectivity index (χ0v) is 8.38. The molecule has 0 saturated heterocycles. The van der Waals surface area contributed by atoms with Crippen LogP contribution in [0, 0.1) is 0 Å². The van der Waals surface area contributed by atoms with Crippen molar-refractivity contribution in [2.75, 3.05) is 5.73 Å². The number of nitrogens with one attached hydrogen (secondary N) is 1. The molecule has 3 heteroatoms. The second kappa shape index (κ2) is 2.79. The topological polar surface area (TPSA) is 67.8 Å². The first-order valence-electron chi connectivity index (χ1n) is 5.10. The molecule has 1 heterocycles. The molecule has 1 aromatic heterocycles. The average molecular weight is 199 g/mol.